The maximum absolute atomic E-state index is 4.26. The van der Waals surface area contributed by atoms with E-state index in [-0.39, 0.29) is 0 Å². The van der Waals surface area contributed by atoms with Crippen LogP contribution in [-0.4, -0.2) is 72.2 Å². The number of imidazole rings is 2. The van der Waals surface area contributed by atoms with Crippen molar-refractivity contribution >= 4 is 34.7 Å². The number of aromatic amines is 2. The summed E-state index contributed by atoms with van der Waals surface area (Å²) in [6, 6.07) is 13.7. The number of H-pyrrole nitrogens is 2. The van der Waals surface area contributed by atoms with Crippen LogP contribution in [0.1, 0.15) is 0 Å². The second-order valence-electron chi connectivity index (χ2n) is 6.43. The highest BCUT2D eigenvalue weighted by Crippen LogP contribution is 2.12. The van der Waals surface area contributed by atoms with Crippen LogP contribution in [0.5, 0.6) is 0 Å². The van der Waals surface area contributed by atoms with Crippen LogP contribution in [0.3, 0.4) is 0 Å². The van der Waals surface area contributed by atoms with Crippen LogP contribution >= 0.6 is 0 Å². The summed E-state index contributed by atoms with van der Waals surface area (Å²) in [5, 5.41) is 14.8. The average molecular weight is 452 g/mol. The van der Waals surface area contributed by atoms with E-state index in [4.69, 9.17) is 0 Å². The number of aliphatic imine (C=N–C) groups is 1. The van der Waals surface area contributed by atoms with E-state index in [1.165, 1.54) is 0 Å². The number of hydrogen-bond donors (Lipinski definition) is 7. The number of benzene rings is 1. The van der Waals surface area contributed by atoms with Gasteiger partial charge >= 0.3 is 0 Å². The number of hydrogen-bond acceptors (Lipinski definition) is 7. The van der Waals surface area contributed by atoms with Crippen molar-refractivity contribution in [1.29, 1.82) is 0 Å². The van der Waals surface area contributed by atoms with Gasteiger partial charge in [-0.25, -0.2) is 15.0 Å². The number of pyridine rings is 1. The van der Waals surface area contributed by atoms with Gasteiger partial charge in [0.05, 0.1) is 11.0 Å². The highest BCUT2D eigenvalue weighted by Gasteiger charge is 2.00. The molecule has 1 saturated heterocycles. The first kappa shape index (κ1) is 25.0. The molecule has 0 aliphatic carbocycles. The molecule has 0 unspecified atom stereocenters. The van der Waals surface area contributed by atoms with E-state index in [1.54, 1.807) is 25.6 Å². The molecule has 1 aromatic carbocycles. The largest absolute Gasteiger partial charge is 0.373 e. The molecule has 1 aliphatic heterocycles. The first-order chi connectivity index (χ1) is 16.2. The van der Waals surface area contributed by atoms with Gasteiger partial charge in [-0.1, -0.05) is 18.2 Å². The van der Waals surface area contributed by atoms with Crippen molar-refractivity contribution in [3.05, 3.63) is 61.1 Å². The van der Waals surface area contributed by atoms with Crippen LogP contribution in [0.25, 0.3) is 11.0 Å². The minimum atomic E-state index is 0.806. The Balaban J connectivity index is 0.000000159. The number of aromatic nitrogens is 5. The number of nitrogens with zero attached hydrogens (tertiary/aromatic N) is 4. The molecule has 4 aromatic rings. The Kier molecular flexibility index (Phi) is 11.1. The molecule has 3 aromatic heterocycles. The fourth-order valence-corrected chi connectivity index (χ4v) is 2.57. The lowest BCUT2D eigenvalue weighted by molar-refractivity contribution is 0.942. The first-order valence-corrected chi connectivity index (χ1v) is 10.5. The summed E-state index contributed by atoms with van der Waals surface area (Å²) in [7, 11) is 7.28. The Labute approximate surface area is 194 Å². The lowest BCUT2D eigenvalue weighted by Crippen LogP contribution is -2.23. The molecular formula is C22H33N11. The molecule has 0 bridgehead atoms. The van der Waals surface area contributed by atoms with Crippen LogP contribution in [0.15, 0.2) is 66.0 Å². The van der Waals surface area contributed by atoms with E-state index in [2.05, 4.69) is 56.5 Å². The number of rotatable bonds is 3. The fourth-order valence-electron chi connectivity index (χ4n) is 2.57. The monoisotopic (exact) mass is 451 g/mol. The van der Waals surface area contributed by atoms with Gasteiger partial charge in [-0.3, -0.25) is 4.99 Å². The Bertz CT molecular complexity index is 1000. The summed E-state index contributed by atoms with van der Waals surface area (Å²) < 4.78 is 0. The molecule has 0 radical (unpaired) electrons. The number of anilines is 3. The normalized spacial score (nSPS) is 11.2. The van der Waals surface area contributed by atoms with E-state index >= 15 is 0 Å². The molecular weight excluding hydrogens is 418 g/mol. The van der Waals surface area contributed by atoms with Crippen molar-refractivity contribution in [1.82, 2.24) is 35.6 Å². The highest BCUT2D eigenvalue weighted by atomic mass is 15.2. The first-order valence-electron chi connectivity index (χ1n) is 10.5. The Morgan fingerprint density at radius 3 is 2.00 bits per heavy atom. The maximum Gasteiger partial charge on any atom is 0.200 e. The van der Waals surface area contributed by atoms with Crippen LogP contribution in [0.4, 0.5) is 17.7 Å². The summed E-state index contributed by atoms with van der Waals surface area (Å²) in [4.78, 5) is 22.0. The van der Waals surface area contributed by atoms with Crippen molar-refractivity contribution in [3.63, 3.8) is 0 Å². The topological polar surface area (TPSA) is 143 Å². The van der Waals surface area contributed by atoms with Crippen LogP contribution < -0.4 is 26.6 Å². The summed E-state index contributed by atoms with van der Waals surface area (Å²) in [6.45, 7) is 2.01. The van der Waals surface area contributed by atoms with E-state index in [0.29, 0.717) is 0 Å². The van der Waals surface area contributed by atoms with Crippen LogP contribution in [0, 0.1) is 0 Å². The smallest absolute Gasteiger partial charge is 0.200 e. The zero-order valence-electron chi connectivity index (χ0n) is 19.5. The van der Waals surface area contributed by atoms with Gasteiger partial charge in [0, 0.05) is 59.9 Å². The molecule has 7 N–H and O–H groups in total. The van der Waals surface area contributed by atoms with Gasteiger partial charge in [-0.2, -0.15) is 0 Å². The Morgan fingerprint density at radius 2 is 1.55 bits per heavy atom. The summed E-state index contributed by atoms with van der Waals surface area (Å²) >= 11 is 0. The van der Waals surface area contributed by atoms with Gasteiger partial charge in [-0.15, -0.1) is 0 Å². The van der Waals surface area contributed by atoms with Gasteiger partial charge in [-0.05, 0) is 24.3 Å². The van der Waals surface area contributed by atoms with Gasteiger partial charge in [0.15, 0.2) is 11.9 Å². The van der Waals surface area contributed by atoms with Crippen molar-refractivity contribution in [2.75, 3.05) is 57.2 Å². The molecule has 1 aliphatic rings. The van der Waals surface area contributed by atoms with Gasteiger partial charge in [0.1, 0.15) is 5.82 Å². The van der Waals surface area contributed by atoms with Crippen molar-refractivity contribution < 1.29 is 0 Å². The zero-order valence-corrected chi connectivity index (χ0v) is 19.5. The fraction of sp³-hybridized carbons (Fsp3) is 0.273. The molecule has 11 nitrogen and oxygen atoms in total. The molecule has 0 spiro atoms. The molecule has 33 heavy (non-hydrogen) atoms. The molecule has 4 heterocycles. The standard InChI is InChI=1S/C8H9N3.C6H8N2.C4H9N3.C4H7N3/c1-9-8-10-6-4-2-3-5-7(6)11-8;1-7-6-4-2-3-5-8-6;2*1-5-4-6-2-3-7-4/h2-5H,1H3,(H2,9,10,11);2-5H,1H3,(H,7,8);2-3H2,1H3,(H2,5,6,7);2-3H,1H3,(H2,5,6,7). The summed E-state index contributed by atoms with van der Waals surface area (Å²) in [5.41, 5.74) is 2.06. The average Bonchev–Trinajstić information content (AvgIpc) is 3.66. The molecule has 1 fully saturated rings. The van der Waals surface area contributed by atoms with E-state index in [9.17, 15) is 0 Å². The van der Waals surface area contributed by atoms with E-state index in [1.807, 2.05) is 63.6 Å². The predicted molar refractivity (Wildman–Crippen MR) is 137 cm³/mol. The van der Waals surface area contributed by atoms with E-state index in [0.717, 1.165) is 47.8 Å². The third-order valence-corrected chi connectivity index (χ3v) is 4.22. The van der Waals surface area contributed by atoms with Crippen LogP contribution in [0.2, 0.25) is 0 Å². The van der Waals surface area contributed by atoms with Gasteiger partial charge < -0.3 is 36.6 Å². The second-order valence-corrected chi connectivity index (χ2v) is 6.43. The minimum Gasteiger partial charge on any atom is -0.373 e. The molecule has 0 saturated carbocycles. The van der Waals surface area contributed by atoms with Crippen molar-refractivity contribution in [3.8, 4) is 0 Å². The Hall–Kier alpha value is -4.28. The maximum atomic E-state index is 4.26. The number of para-hydroxylation sites is 2. The molecule has 11 heteroatoms. The highest BCUT2D eigenvalue weighted by molar-refractivity contribution is 5.81. The summed E-state index contributed by atoms with van der Waals surface area (Å²) in [6.07, 6.45) is 5.23. The zero-order chi connectivity index (χ0) is 23.7. The lowest BCUT2D eigenvalue weighted by Gasteiger charge is -1.92. The molecule has 0 amide bonds. The lowest BCUT2D eigenvalue weighted by atomic mass is 10.3. The van der Waals surface area contributed by atoms with E-state index < -0.39 is 0 Å². The predicted octanol–water partition coefficient (Wildman–Crippen LogP) is 2.34. The van der Waals surface area contributed by atoms with Crippen molar-refractivity contribution in [2.24, 2.45) is 4.99 Å². The minimum absolute atomic E-state index is 0.806. The molecule has 5 rings (SSSR count). The molecule has 0 atom stereocenters. The second kappa shape index (κ2) is 14.7. The molecule has 176 valence electrons. The van der Waals surface area contributed by atoms with Gasteiger partial charge in [0.2, 0.25) is 5.95 Å². The summed E-state index contributed by atoms with van der Waals surface area (Å²) in [5.74, 6) is 3.44. The number of nitrogens with one attached hydrogen (secondary N) is 7. The van der Waals surface area contributed by atoms with Crippen LogP contribution in [-0.2, 0) is 0 Å². The van der Waals surface area contributed by atoms with Crippen molar-refractivity contribution in [2.45, 2.75) is 0 Å². The SMILES string of the molecule is CN=C1NCCN1.CNc1ccccn1.CNc1nc2ccccc2[nH]1.CNc1ncc[nH]1. The Morgan fingerprint density at radius 1 is 0.818 bits per heavy atom. The number of fused-ring (bicyclic) bond motifs is 1. The quantitative estimate of drug-likeness (QED) is 0.252. The number of guanidine groups is 1. The third-order valence-electron chi connectivity index (χ3n) is 4.22. The third kappa shape index (κ3) is 9.17. The van der Waals surface area contributed by atoms with Gasteiger partial charge in [0.25, 0.3) is 0 Å².